The van der Waals surface area contributed by atoms with Gasteiger partial charge < -0.3 is 14.5 Å². The molecule has 32 heavy (non-hydrogen) atoms. The van der Waals surface area contributed by atoms with E-state index in [2.05, 4.69) is 15.3 Å². The third-order valence-corrected chi connectivity index (χ3v) is 4.62. The van der Waals surface area contributed by atoms with Crippen molar-refractivity contribution in [2.24, 2.45) is 4.99 Å². The number of aromatic nitrogens is 1. The number of nitrogens with zero attached hydrogens (tertiary/aromatic N) is 2. The molecule has 0 aliphatic carbocycles. The molecule has 0 spiro atoms. The number of benzene rings is 2. The van der Waals surface area contributed by atoms with Crippen LogP contribution < -0.4 is 10.9 Å². The molecule has 160 valence electrons. The fourth-order valence-electron chi connectivity index (χ4n) is 3.15. The van der Waals surface area contributed by atoms with Crippen LogP contribution in [0.25, 0.3) is 11.0 Å². The smallest absolute Gasteiger partial charge is 0.338 e. The maximum atomic E-state index is 13.1. The van der Waals surface area contributed by atoms with Crippen LogP contribution in [0, 0.1) is 6.92 Å². The largest absolute Gasteiger partial charge is 0.462 e. The summed E-state index contributed by atoms with van der Waals surface area (Å²) in [7, 11) is 0. The molecular weight excluding hydrogens is 406 g/mol. The highest BCUT2D eigenvalue weighted by Gasteiger charge is 2.14. The van der Waals surface area contributed by atoms with Crippen molar-refractivity contribution < 1.29 is 18.7 Å². The lowest BCUT2D eigenvalue weighted by atomic mass is 10.1. The number of para-hydroxylation sites is 1. The van der Waals surface area contributed by atoms with Crippen molar-refractivity contribution in [1.29, 1.82) is 0 Å². The lowest BCUT2D eigenvalue weighted by Crippen LogP contribution is -2.22. The van der Waals surface area contributed by atoms with Gasteiger partial charge in [-0.3, -0.25) is 4.79 Å². The van der Waals surface area contributed by atoms with Crippen molar-refractivity contribution in [1.82, 2.24) is 4.98 Å². The second-order valence-electron chi connectivity index (χ2n) is 7.00. The second kappa shape index (κ2) is 9.26. The Hall–Kier alpha value is -4.26. The fraction of sp³-hybridized carbons (Fsp3) is 0.120. The molecule has 0 saturated carbocycles. The average Bonchev–Trinajstić information content (AvgIpc) is 2.79. The number of rotatable bonds is 5. The number of esters is 1. The summed E-state index contributed by atoms with van der Waals surface area (Å²) in [5, 5.41) is 3.55. The maximum Gasteiger partial charge on any atom is 0.338 e. The number of ether oxygens (including phenoxy) is 1. The molecule has 0 radical (unpaired) electrons. The van der Waals surface area contributed by atoms with Crippen LogP contribution >= 0.6 is 0 Å². The molecule has 7 heteroatoms. The SMILES string of the molecule is CCOC(=O)c1cccc(N=c2oc3ccccc3cc2C(=O)Nc2cccc(C)n2)c1. The number of pyridine rings is 1. The zero-order chi connectivity index (χ0) is 22.5. The Kier molecular flexibility index (Phi) is 6.07. The van der Waals surface area contributed by atoms with Gasteiger partial charge in [0.15, 0.2) is 0 Å². The van der Waals surface area contributed by atoms with Crippen molar-refractivity contribution in [2.75, 3.05) is 11.9 Å². The van der Waals surface area contributed by atoms with Gasteiger partial charge in [-0.1, -0.05) is 30.3 Å². The Bertz CT molecular complexity index is 1370. The van der Waals surface area contributed by atoms with E-state index in [1.165, 1.54) is 0 Å². The molecule has 0 bridgehead atoms. The minimum atomic E-state index is -0.441. The van der Waals surface area contributed by atoms with Gasteiger partial charge in [-0.15, -0.1) is 0 Å². The van der Waals surface area contributed by atoms with Gasteiger partial charge in [0.1, 0.15) is 17.0 Å². The average molecular weight is 427 g/mol. The van der Waals surface area contributed by atoms with E-state index in [0.717, 1.165) is 11.1 Å². The van der Waals surface area contributed by atoms with E-state index in [1.54, 1.807) is 49.4 Å². The van der Waals surface area contributed by atoms with Crippen molar-refractivity contribution in [3.63, 3.8) is 0 Å². The van der Waals surface area contributed by atoms with E-state index in [4.69, 9.17) is 9.15 Å². The van der Waals surface area contributed by atoms with Crippen LogP contribution in [0.1, 0.15) is 33.3 Å². The maximum absolute atomic E-state index is 13.1. The number of hydrogen-bond donors (Lipinski definition) is 1. The van der Waals surface area contributed by atoms with Gasteiger partial charge in [-0.2, -0.15) is 0 Å². The van der Waals surface area contributed by atoms with Gasteiger partial charge in [0.05, 0.1) is 17.9 Å². The number of amides is 1. The van der Waals surface area contributed by atoms with Gasteiger partial charge in [0, 0.05) is 11.1 Å². The van der Waals surface area contributed by atoms with E-state index < -0.39 is 11.9 Å². The summed E-state index contributed by atoms with van der Waals surface area (Å²) >= 11 is 0. The Morgan fingerprint density at radius 3 is 2.66 bits per heavy atom. The minimum absolute atomic E-state index is 0.120. The molecule has 4 rings (SSSR count). The fourth-order valence-corrected chi connectivity index (χ4v) is 3.15. The van der Waals surface area contributed by atoms with E-state index >= 15 is 0 Å². The highest BCUT2D eigenvalue weighted by atomic mass is 16.5. The highest BCUT2D eigenvalue weighted by Crippen LogP contribution is 2.18. The summed E-state index contributed by atoms with van der Waals surface area (Å²) < 4.78 is 11.0. The second-order valence-corrected chi connectivity index (χ2v) is 7.00. The van der Waals surface area contributed by atoms with Gasteiger partial charge in [-0.25, -0.2) is 14.8 Å². The van der Waals surface area contributed by atoms with Crippen molar-refractivity contribution in [3.05, 3.63) is 95.2 Å². The lowest BCUT2D eigenvalue weighted by molar-refractivity contribution is 0.0526. The highest BCUT2D eigenvalue weighted by molar-refractivity contribution is 6.05. The van der Waals surface area contributed by atoms with Gasteiger partial charge in [0.2, 0.25) is 5.55 Å². The van der Waals surface area contributed by atoms with E-state index in [9.17, 15) is 9.59 Å². The molecule has 0 unspecified atom stereocenters. The van der Waals surface area contributed by atoms with Crippen LogP contribution in [-0.4, -0.2) is 23.5 Å². The molecule has 4 aromatic rings. The molecule has 0 aliphatic heterocycles. The van der Waals surface area contributed by atoms with Gasteiger partial charge in [-0.05, 0) is 56.3 Å². The van der Waals surface area contributed by atoms with Crippen LogP contribution in [0.5, 0.6) is 0 Å². The molecule has 2 heterocycles. The predicted octanol–water partition coefficient (Wildman–Crippen LogP) is 4.80. The summed E-state index contributed by atoms with van der Waals surface area (Å²) in [4.78, 5) is 34.0. The van der Waals surface area contributed by atoms with E-state index in [0.29, 0.717) is 22.7 Å². The number of anilines is 1. The first-order chi connectivity index (χ1) is 15.5. The number of hydrogen-bond acceptors (Lipinski definition) is 6. The molecular formula is C25H21N3O4. The summed E-state index contributed by atoms with van der Waals surface area (Å²) in [5.74, 6) is -0.417. The first-order valence-corrected chi connectivity index (χ1v) is 10.1. The molecule has 1 amide bonds. The summed E-state index contributed by atoms with van der Waals surface area (Å²) in [6.07, 6.45) is 0. The monoisotopic (exact) mass is 427 g/mol. The van der Waals surface area contributed by atoms with Crippen LogP contribution in [0.3, 0.4) is 0 Å². The Morgan fingerprint density at radius 2 is 1.84 bits per heavy atom. The number of fused-ring (bicyclic) bond motifs is 1. The molecule has 2 aromatic heterocycles. The number of aryl methyl sites for hydroxylation is 1. The zero-order valence-corrected chi connectivity index (χ0v) is 17.7. The number of nitrogens with one attached hydrogen (secondary N) is 1. The van der Waals surface area contributed by atoms with Crippen LogP contribution in [0.4, 0.5) is 11.5 Å². The normalized spacial score (nSPS) is 11.4. The summed E-state index contributed by atoms with van der Waals surface area (Å²) in [5.41, 5.74) is 2.55. The molecule has 0 aliphatic rings. The Morgan fingerprint density at radius 1 is 1.03 bits per heavy atom. The third-order valence-electron chi connectivity index (χ3n) is 4.62. The van der Waals surface area contributed by atoms with Crippen LogP contribution in [0.15, 0.2) is 82.2 Å². The molecule has 7 nitrogen and oxygen atoms in total. The van der Waals surface area contributed by atoms with Crippen LogP contribution in [-0.2, 0) is 4.74 Å². The topological polar surface area (TPSA) is 93.8 Å². The standard InChI is InChI=1S/C25H21N3O4/c1-3-31-25(30)18-10-7-11-19(14-18)27-24-20(15-17-9-4-5-12-21(17)32-24)23(29)28-22-13-6-8-16(2)26-22/h4-15H,3H2,1-2H3,(H,26,28,29). The first-order valence-electron chi connectivity index (χ1n) is 10.1. The predicted molar refractivity (Wildman–Crippen MR) is 121 cm³/mol. The lowest BCUT2D eigenvalue weighted by Gasteiger charge is -2.07. The van der Waals surface area contributed by atoms with E-state index in [-0.39, 0.29) is 17.7 Å². The number of carbonyl (C=O) groups excluding carboxylic acids is 2. The molecule has 1 N–H and O–H groups in total. The molecule has 0 atom stereocenters. The zero-order valence-electron chi connectivity index (χ0n) is 17.7. The van der Waals surface area contributed by atoms with Crippen molar-refractivity contribution in [2.45, 2.75) is 13.8 Å². The summed E-state index contributed by atoms with van der Waals surface area (Å²) in [6, 6.07) is 21.1. The molecule has 2 aromatic carbocycles. The molecule has 0 saturated heterocycles. The van der Waals surface area contributed by atoms with E-state index in [1.807, 2.05) is 37.3 Å². The Balaban J connectivity index is 1.80. The van der Waals surface area contributed by atoms with Crippen LogP contribution in [0.2, 0.25) is 0 Å². The van der Waals surface area contributed by atoms with Gasteiger partial charge in [0.25, 0.3) is 5.91 Å². The van der Waals surface area contributed by atoms with Gasteiger partial charge >= 0.3 is 5.97 Å². The Labute approximate surface area is 184 Å². The van der Waals surface area contributed by atoms with Crippen molar-refractivity contribution >= 4 is 34.4 Å². The summed E-state index contributed by atoms with van der Waals surface area (Å²) in [6.45, 7) is 3.86. The quantitative estimate of drug-likeness (QED) is 0.462. The number of carbonyl (C=O) groups is 2. The first kappa shape index (κ1) is 21.0. The third kappa shape index (κ3) is 4.73. The van der Waals surface area contributed by atoms with Crippen molar-refractivity contribution in [3.8, 4) is 0 Å². The minimum Gasteiger partial charge on any atom is -0.462 e. The molecule has 0 fully saturated rings.